The van der Waals surface area contributed by atoms with Crippen LogP contribution < -0.4 is 0 Å². The molecule has 0 spiro atoms. The minimum atomic E-state index is -0.00792. The van der Waals surface area contributed by atoms with Gasteiger partial charge < -0.3 is 4.57 Å². The summed E-state index contributed by atoms with van der Waals surface area (Å²) in [5.74, 6) is 0.467. The Morgan fingerprint density at radius 2 is 2.00 bits per heavy atom. The number of carbonyl (C=O) groups excluding carboxylic acids is 1. The molecule has 0 saturated carbocycles. The summed E-state index contributed by atoms with van der Waals surface area (Å²) in [5, 5.41) is 13.7. The average Bonchev–Trinajstić information content (AvgIpc) is 3.29. The number of imidazole rings is 1. The van der Waals surface area contributed by atoms with Gasteiger partial charge in [-0.05, 0) is 24.1 Å². The topological polar surface area (TPSA) is 78.5 Å². The molecule has 0 aliphatic rings. The molecule has 7 nitrogen and oxygen atoms in total. The number of ketones is 1. The zero-order chi connectivity index (χ0) is 19.7. The van der Waals surface area contributed by atoms with Crippen LogP contribution in [0.3, 0.4) is 0 Å². The van der Waals surface area contributed by atoms with Crippen molar-refractivity contribution in [2.24, 2.45) is 13.0 Å². The Labute approximate surface area is 163 Å². The Morgan fingerprint density at radius 1 is 1.14 bits per heavy atom. The van der Waals surface area contributed by atoms with Gasteiger partial charge in [-0.2, -0.15) is 15.3 Å². The Morgan fingerprint density at radius 3 is 2.75 bits per heavy atom. The van der Waals surface area contributed by atoms with E-state index in [0.717, 1.165) is 28.7 Å². The fraction of sp³-hybridized carbons (Fsp3) is 0.286. The summed E-state index contributed by atoms with van der Waals surface area (Å²) >= 11 is 0. The van der Waals surface area contributed by atoms with Crippen molar-refractivity contribution in [2.45, 2.75) is 26.8 Å². The quantitative estimate of drug-likeness (QED) is 0.484. The molecule has 4 aromatic rings. The van der Waals surface area contributed by atoms with Crippen LogP contribution in [0.25, 0.3) is 22.2 Å². The third-order valence-electron chi connectivity index (χ3n) is 4.60. The van der Waals surface area contributed by atoms with Gasteiger partial charge in [0.1, 0.15) is 0 Å². The summed E-state index contributed by atoms with van der Waals surface area (Å²) < 4.78 is 3.78. The second kappa shape index (κ2) is 7.34. The van der Waals surface area contributed by atoms with E-state index in [1.165, 1.54) is 0 Å². The smallest absolute Gasteiger partial charge is 0.172 e. The Hall–Kier alpha value is -3.35. The molecular formula is C21H22N6O. The number of Topliss-reactive ketones (excluding diaryl/α,β-unsaturated/α-hetero) is 1. The van der Waals surface area contributed by atoms with Gasteiger partial charge in [-0.1, -0.05) is 19.9 Å². The van der Waals surface area contributed by atoms with E-state index in [0.29, 0.717) is 17.2 Å². The predicted octanol–water partition coefficient (Wildman–Crippen LogP) is 3.31. The molecule has 7 heteroatoms. The van der Waals surface area contributed by atoms with Crippen LogP contribution in [0.2, 0.25) is 0 Å². The lowest BCUT2D eigenvalue weighted by atomic mass is 10.1. The normalized spacial score (nSPS) is 11.4. The lowest BCUT2D eigenvalue weighted by molar-refractivity contribution is 0.0991. The van der Waals surface area contributed by atoms with Gasteiger partial charge in [-0.15, -0.1) is 0 Å². The third-order valence-corrected chi connectivity index (χ3v) is 4.60. The van der Waals surface area contributed by atoms with Crippen molar-refractivity contribution in [2.75, 3.05) is 0 Å². The highest BCUT2D eigenvalue weighted by Crippen LogP contribution is 2.23. The maximum atomic E-state index is 12.6. The van der Waals surface area contributed by atoms with E-state index < -0.39 is 0 Å². The van der Waals surface area contributed by atoms with Gasteiger partial charge in [0.2, 0.25) is 0 Å². The highest BCUT2D eigenvalue weighted by Gasteiger charge is 2.13. The maximum absolute atomic E-state index is 12.6. The fourth-order valence-corrected chi connectivity index (χ4v) is 3.22. The number of rotatable bonds is 6. The highest BCUT2D eigenvalue weighted by molar-refractivity contribution is 5.97. The number of aryl methyl sites for hydroxylation is 1. The molecule has 0 radical (unpaired) electrons. The van der Waals surface area contributed by atoms with E-state index in [1.807, 2.05) is 40.7 Å². The lowest BCUT2D eigenvalue weighted by Crippen LogP contribution is -2.06. The van der Waals surface area contributed by atoms with Gasteiger partial charge in [0, 0.05) is 30.7 Å². The first-order valence-corrected chi connectivity index (χ1v) is 9.28. The number of hydrogen-bond donors (Lipinski definition) is 0. The summed E-state index contributed by atoms with van der Waals surface area (Å²) in [6.07, 6.45) is 7.23. The second-order valence-corrected chi connectivity index (χ2v) is 7.44. The number of carbonyl (C=O) groups is 1. The molecule has 3 aromatic heterocycles. The van der Waals surface area contributed by atoms with Gasteiger partial charge in [0.25, 0.3) is 0 Å². The minimum Gasteiger partial charge on any atom is -0.334 e. The first kappa shape index (κ1) is 18.0. The van der Waals surface area contributed by atoms with E-state index in [4.69, 9.17) is 0 Å². The minimum absolute atomic E-state index is 0.00792. The zero-order valence-corrected chi connectivity index (χ0v) is 16.2. The van der Waals surface area contributed by atoms with E-state index >= 15 is 0 Å². The monoisotopic (exact) mass is 374 g/mol. The van der Waals surface area contributed by atoms with Crippen molar-refractivity contribution in [3.8, 4) is 11.3 Å². The van der Waals surface area contributed by atoms with Crippen molar-refractivity contribution in [3.63, 3.8) is 0 Å². The molecule has 0 bridgehead atoms. The molecule has 0 aliphatic heterocycles. The maximum Gasteiger partial charge on any atom is 0.172 e. The Bertz CT molecular complexity index is 1140. The van der Waals surface area contributed by atoms with Crippen LogP contribution in [0.1, 0.15) is 29.9 Å². The largest absolute Gasteiger partial charge is 0.334 e. The molecule has 28 heavy (non-hydrogen) atoms. The van der Waals surface area contributed by atoms with E-state index in [-0.39, 0.29) is 12.2 Å². The molecule has 4 rings (SSSR count). The van der Waals surface area contributed by atoms with Gasteiger partial charge in [0.15, 0.2) is 5.78 Å². The number of aromatic nitrogens is 6. The van der Waals surface area contributed by atoms with Crippen LogP contribution in [0, 0.1) is 5.92 Å². The standard InChI is InChI=1S/C21H22N6O/c1-14(2)11-27-12-17(9-23-27)21(28)8-18-7-16-6-15(4-5-19(16)25-24-18)20-10-22-13-26(20)3/h4-7,9-10,12-14H,8,11H2,1-3H3. The Balaban J connectivity index is 1.57. The average molecular weight is 374 g/mol. The molecule has 0 fully saturated rings. The van der Waals surface area contributed by atoms with Gasteiger partial charge >= 0.3 is 0 Å². The van der Waals surface area contributed by atoms with Crippen molar-refractivity contribution < 1.29 is 4.79 Å². The van der Waals surface area contributed by atoms with Crippen LogP contribution in [0.4, 0.5) is 0 Å². The molecule has 142 valence electrons. The molecule has 0 aliphatic carbocycles. The van der Waals surface area contributed by atoms with Crippen LogP contribution in [0.5, 0.6) is 0 Å². The van der Waals surface area contributed by atoms with Crippen molar-refractivity contribution in [1.29, 1.82) is 0 Å². The van der Waals surface area contributed by atoms with Crippen LogP contribution in [-0.4, -0.2) is 35.3 Å². The molecule has 3 heterocycles. The van der Waals surface area contributed by atoms with E-state index in [2.05, 4.69) is 40.2 Å². The fourth-order valence-electron chi connectivity index (χ4n) is 3.22. The number of benzene rings is 1. The van der Waals surface area contributed by atoms with Crippen LogP contribution in [-0.2, 0) is 20.0 Å². The Kier molecular flexibility index (Phi) is 4.73. The predicted molar refractivity (Wildman–Crippen MR) is 107 cm³/mol. The highest BCUT2D eigenvalue weighted by atomic mass is 16.1. The van der Waals surface area contributed by atoms with Crippen molar-refractivity contribution in [1.82, 2.24) is 29.5 Å². The molecular weight excluding hydrogens is 352 g/mol. The SMILES string of the molecule is CC(C)Cn1cc(C(=O)Cc2cc3cc(-c4cncn4C)ccc3nn2)cn1. The second-order valence-electron chi connectivity index (χ2n) is 7.44. The summed E-state index contributed by atoms with van der Waals surface area (Å²) in [6.45, 7) is 5.03. The van der Waals surface area contributed by atoms with Gasteiger partial charge in [-0.3, -0.25) is 9.48 Å². The number of fused-ring (bicyclic) bond motifs is 1. The molecule has 0 amide bonds. The molecule has 0 atom stereocenters. The molecule has 0 unspecified atom stereocenters. The van der Waals surface area contributed by atoms with Gasteiger partial charge in [-0.25, -0.2) is 4.98 Å². The molecule has 1 aromatic carbocycles. The summed E-state index contributed by atoms with van der Waals surface area (Å²) in [5.41, 5.74) is 4.12. The zero-order valence-electron chi connectivity index (χ0n) is 16.2. The molecule has 0 N–H and O–H groups in total. The van der Waals surface area contributed by atoms with Gasteiger partial charge in [0.05, 0.1) is 47.6 Å². The molecule has 0 saturated heterocycles. The van der Waals surface area contributed by atoms with E-state index in [1.54, 1.807) is 18.7 Å². The third kappa shape index (κ3) is 3.69. The van der Waals surface area contributed by atoms with Crippen LogP contribution in [0.15, 0.2) is 49.2 Å². The number of nitrogens with zero attached hydrogens (tertiary/aromatic N) is 6. The summed E-state index contributed by atoms with van der Waals surface area (Å²) in [4.78, 5) is 16.8. The van der Waals surface area contributed by atoms with Crippen molar-refractivity contribution in [3.05, 3.63) is 60.4 Å². The van der Waals surface area contributed by atoms with Crippen molar-refractivity contribution >= 4 is 16.7 Å². The summed E-state index contributed by atoms with van der Waals surface area (Å²) in [7, 11) is 1.96. The first-order valence-electron chi connectivity index (χ1n) is 9.28. The van der Waals surface area contributed by atoms with E-state index in [9.17, 15) is 4.79 Å². The first-order chi connectivity index (χ1) is 13.5. The lowest BCUT2D eigenvalue weighted by Gasteiger charge is -2.05. The van der Waals surface area contributed by atoms with Crippen LogP contribution >= 0.6 is 0 Å². The number of hydrogen-bond acceptors (Lipinski definition) is 5. The summed E-state index contributed by atoms with van der Waals surface area (Å²) in [6, 6.07) is 7.92.